The molecule has 1 aromatic heterocycles. The molecule has 7 nitrogen and oxygen atoms in total. The van der Waals surface area contributed by atoms with Crippen LogP contribution in [0.2, 0.25) is 0 Å². The van der Waals surface area contributed by atoms with Gasteiger partial charge in [-0.15, -0.1) is 0 Å². The van der Waals surface area contributed by atoms with E-state index in [0.717, 1.165) is 19.3 Å². The predicted molar refractivity (Wildman–Crippen MR) is 77.3 cm³/mol. The Morgan fingerprint density at radius 2 is 2.10 bits per heavy atom. The Labute approximate surface area is 122 Å². The fourth-order valence-corrected chi connectivity index (χ4v) is 2.90. The molecule has 7 heteroatoms. The molecule has 1 fully saturated rings. The molecule has 0 amide bonds. The summed E-state index contributed by atoms with van der Waals surface area (Å²) in [6, 6.07) is 2.98. The molecule has 2 N–H and O–H groups in total. The standard InChI is InChI=1S/C14H19N3O4/c1-10-5-6-11(17(20)21)13(15-10)16-14(9-12(18)19)7-3-2-4-8-14/h5-6H,2-4,7-9H2,1H3,(H,15,16)(H,18,19). The first-order valence-electron chi connectivity index (χ1n) is 7.04. The molecule has 1 aliphatic rings. The van der Waals surface area contributed by atoms with Crippen LogP contribution in [0.1, 0.15) is 44.2 Å². The van der Waals surface area contributed by atoms with Crippen LogP contribution in [0.4, 0.5) is 11.5 Å². The highest BCUT2D eigenvalue weighted by molar-refractivity contribution is 5.70. The fourth-order valence-electron chi connectivity index (χ4n) is 2.90. The monoisotopic (exact) mass is 293 g/mol. The number of pyridine rings is 1. The van der Waals surface area contributed by atoms with Gasteiger partial charge in [0.25, 0.3) is 0 Å². The van der Waals surface area contributed by atoms with E-state index in [1.54, 1.807) is 13.0 Å². The lowest BCUT2D eigenvalue weighted by Gasteiger charge is -2.37. The molecule has 114 valence electrons. The Morgan fingerprint density at radius 3 is 2.67 bits per heavy atom. The van der Waals surface area contributed by atoms with E-state index in [0.29, 0.717) is 18.5 Å². The van der Waals surface area contributed by atoms with Crippen LogP contribution in [0.3, 0.4) is 0 Å². The van der Waals surface area contributed by atoms with Gasteiger partial charge in [-0.25, -0.2) is 4.98 Å². The van der Waals surface area contributed by atoms with Crippen LogP contribution in [0.25, 0.3) is 0 Å². The van der Waals surface area contributed by atoms with Gasteiger partial charge in [-0.05, 0) is 25.8 Å². The van der Waals surface area contributed by atoms with Gasteiger partial charge in [-0.1, -0.05) is 19.3 Å². The van der Waals surface area contributed by atoms with Crippen molar-refractivity contribution in [3.8, 4) is 0 Å². The van der Waals surface area contributed by atoms with Gasteiger partial charge in [0, 0.05) is 17.3 Å². The van der Waals surface area contributed by atoms with Crippen molar-refractivity contribution in [3.05, 3.63) is 27.9 Å². The number of nitro groups is 1. The molecule has 1 aromatic rings. The fraction of sp³-hybridized carbons (Fsp3) is 0.571. The summed E-state index contributed by atoms with van der Waals surface area (Å²) in [6.45, 7) is 1.75. The average molecular weight is 293 g/mol. The third-order valence-electron chi connectivity index (χ3n) is 3.89. The predicted octanol–water partition coefficient (Wildman–Crippen LogP) is 2.89. The van der Waals surface area contributed by atoms with Gasteiger partial charge in [0.2, 0.25) is 5.82 Å². The summed E-state index contributed by atoms with van der Waals surface area (Å²) in [7, 11) is 0. The minimum absolute atomic E-state index is 0.0558. The first-order chi connectivity index (χ1) is 9.92. The summed E-state index contributed by atoms with van der Waals surface area (Å²) in [5.74, 6) is -0.733. The van der Waals surface area contributed by atoms with Crippen LogP contribution >= 0.6 is 0 Å². The summed E-state index contributed by atoms with van der Waals surface area (Å²) in [5, 5.41) is 23.3. The van der Waals surface area contributed by atoms with Crippen molar-refractivity contribution in [2.75, 3.05) is 5.32 Å². The van der Waals surface area contributed by atoms with Crippen molar-refractivity contribution in [1.29, 1.82) is 0 Å². The van der Waals surface area contributed by atoms with Crippen molar-refractivity contribution >= 4 is 17.5 Å². The Bertz CT molecular complexity index is 553. The lowest BCUT2D eigenvalue weighted by Crippen LogP contribution is -2.42. The number of rotatable bonds is 5. The zero-order chi connectivity index (χ0) is 15.5. The van der Waals surface area contributed by atoms with Gasteiger partial charge in [0.1, 0.15) is 0 Å². The van der Waals surface area contributed by atoms with E-state index in [1.807, 2.05) is 0 Å². The van der Waals surface area contributed by atoms with Gasteiger partial charge in [0.05, 0.1) is 11.3 Å². The minimum Gasteiger partial charge on any atom is -0.481 e. The maximum atomic E-state index is 11.2. The molecule has 1 aliphatic carbocycles. The number of aromatic nitrogens is 1. The third-order valence-corrected chi connectivity index (χ3v) is 3.89. The molecule has 0 atom stereocenters. The molecule has 0 saturated heterocycles. The Hall–Kier alpha value is -2.18. The van der Waals surface area contributed by atoms with Crippen LogP contribution in [-0.4, -0.2) is 26.5 Å². The maximum absolute atomic E-state index is 11.2. The van der Waals surface area contributed by atoms with Crippen LogP contribution in [0, 0.1) is 17.0 Å². The second-order valence-corrected chi connectivity index (χ2v) is 5.61. The molecule has 2 rings (SSSR count). The Balaban J connectivity index is 2.34. The molecule has 0 unspecified atom stereocenters. The number of anilines is 1. The normalized spacial score (nSPS) is 17.2. The van der Waals surface area contributed by atoms with E-state index >= 15 is 0 Å². The van der Waals surface area contributed by atoms with Gasteiger partial charge in [-0.3, -0.25) is 14.9 Å². The number of nitrogens with one attached hydrogen (secondary N) is 1. The molecular formula is C14H19N3O4. The number of carbonyl (C=O) groups is 1. The van der Waals surface area contributed by atoms with Crippen LogP contribution in [-0.2, 0) is 4.79 Å². The number of nitrogens with zero attached hydrogens (tertiary/aromatic N) is 2. The zero-order valence-corrected chi connectivity index (χ0v) is 12.0. The van der Waals surface area contributed by atoms with E-state index in [2.05, 4.69) is 10.3 Å². The molecule has 0 aliphatic heterocycles. The van der Waals surface area contributed by atoms with Crippen molar-refractivity contribution in [2.45, 2.75) is 51.0 Å². The zero-order valence-electron chi connectivity index (χ0n) is 12.0. The van der Waals surface area contributed by atoms with Crippen LogP contribution in [0.5, 0.6) is 0 Å². The molecule has 0 spiro atoms. The van der Waals surface area contributed by atoms with Gasteiger partial charge >= 0.3 is 11.7 Å². The molecule has 21 heavy (non-hydrogen) atoms. The quantitative estimate of drug-likeness (QED) is 0.638. The first-order valence-corrected chi connectivity index (χ1v) is 7.04. The van der Waals surface area contributed by atoms with Crippen molar-refractivity contribution in [1.82, 2.24) is 4.98 Å². The smallest absolute Gasteiger partial charge is 0.311 e. The van der Waals surface area contributed by atoms with Gasteiger partial charge < -0.3 is 10.4 Å². The van der Waals surface area contributed by atoms with E-state index in [1.165, 1.54) is 6.07 Å². The van der Waals surface area contributed by atoms with Crippen molar-refractivity contribution in [3.63, 3.8) is 0 Å². The van der Waals surface area contributed by atoms with Gasteiger partial charge in [0.15, 0.2) is 0 Å². The second-order valence-electron chi connectivity index (χ2n) is 5.61. The molecule has 0 bridgehead atoms. The molecule has 0 radical (unpaired) electrons. The van der Waals surface area contributed by atoms with Crippen molar-refractivity contribution in [2.24, 2.45) is 0 Å². The first kappa shape index (κ1) is 15.2. The topological polar surface area (TPSA) is 105 Å². The van der Waals surface area contributed by atoms with E-state index < -0.39 is 16.4 Å². The summed E-state index contributed by atoms with van der Waals surface area (Å²) < 4.78 is 0. The van der Waals surface area contributed by atoms with Crippen molar-refractivity contribution < 1.29 is 14.8 Å². The highest BCUT2D eigenvalue weighted by atomic mass is 16.6. The summed E-state index contributed by atoms with van der Waals surface area (Å²) >= 11 is 0. The molecule has 1 heterocycles. The van der Waals surface area contributed by atoms with E-state index in [-0.39, 0.29) is 17.9 Å². The maximum Gasteiger partial charge on any atom is 0.311 e. The summed E-state index contributed by atoms with van der Waals surface area (Å²) in [5.41, 5.74) is -0.101. The number of hydrogen-bond acceptors (Lipinski definition) is 5. The number of carboxylic acids is 1. The molecular weight excluding hydrogens is 274 g/mol. The average Bonchev–Trinajstić information content (AvgIpc) is 2.38. The largest absolute Gasteiger partial charge is 0.481 e. The molecule has 1 saturated carbocycles. The highest BCUT2D eigenvalue weighted by Gasteiger charge is 2.36. The van der Waals surface area contributed by atoms with Gasteiger partial charge in [-0.2, -0.15) is 0 Å². The number of aryl methyl sites for hydroxylation is 1. The third kappa shape index (κ3) is 3.68. The highest BCUT2D eigenvalue weighted by Crippen LogP contribution is 2.36. The number of hydrogen-bond donors (Lipinski definition) is 2. The number of aliphatic carboxylic acids is 1. The molecule has 0 aromatic carbocycles. The lowest BCUT2D eigenvalue weighted by atomic mass is 9.79. The summed E-state index contributed by atoms with van der Waals surface area (Å²) in [6.07, 6.45) is 4.21. The van der Waals surface area contributed by atoms with E-state index in [4.69, 9.17) is 5.11 Å². The number of carboxylic acid groups (broad SMARTS) is 1. The van der Waals surface area contributed by atoms with Crippen LogP contribution in [0.15, 0.2) is 12.1 Å². The van der Waals surface area contributed by atoms with Crippen LogP contribution < -0.4 is 5.32 Å². The lowest BCUT2D eigenvalue weighted by molar-refractivity contribution is -0.384. The summed E-state index contributed by atoms with van der Waals surface area (Å²) in [4.78, 5) is 26.0. The second kappa shape index (κ2) is 6.07. The van der Waals surface area contributed by atoms with E-state index in [9.17, 15) is 14.9 Å². The Morgan fingerprint density at radius 1 is 1.43 bits per heavy atom. The SMILES string of the molecule is Cc1ccc([N+](=O)[O-])c(NC2(CC(=O)O)CCCCC2)n1. The minimum atomic E-state index is -0.903. The Kier molecular flexibility index (Phi) is 4.40.